The van der Waals surface area contributed by atoms with Crippen molar-refractivity contribution in [2.45, 2.75) is 38.0 Å². The molecule has 0 amide bonds. The standard InChI is InChI=1S/C15H20ClNO2/c1-19-15(18)12(9-10-5-2-3-6-10)11-7-4-8-13(16)14(11)17/h4,7-8,10,12H,2-3,5-6,9,17H2,1H3. The van der Waals surface area contributed by atoms with E-state index in [9.17, 15) is 4.79 Å². The van der Waals surface area contributed by atoms with Crippen LogP contribution in [0.25, 0.3) is 0 Å². The molecule has 0 aliphatic heterocycles. The van der Waals surface area contributed by atoms with Gasteiger partial charge in [0, 0.05) is 0 Å². The van der Waals surface area contributed by atoms with Crippen LogP contribution >= 0.6 is 11.6 Å². The van der Waals surface area contributed by atoms with Crippen LogP contribution in [0.1, 0.15) is 43.6 Å². The zero-order valence-electron chi connectivity index (χ0n) is 11.2. The van der Waals surface area contributed by atoms with E-state index in [0.29, 0.717) is 16.6 Å². The predicted molar refractivity (Wildman–Crippen MR) is 77.2 cm³/mol. The number of anilines is 1. The molecule has 19 heavy (non-hydrogen) atoms. The lowest BCUT2D eigenvalue weighted by molar-refractivity contribution is -0.142. The van der Waals surface area contributed by atoms with Crippen LogP contribution in [-0.4, -0.2) is 13.1 Å². The second-order valence-corrected chi connectivity index (χ2v) is 5.61. The van der Waals surface area contributed by atoms with Gasteiger partial charge >= 0.3 is 5.97 Å². The van der Waals surface area contributed by atoms with Crippen molar-refractivity contribution in [1.82, 2.24) is 0 Å². The number of halogens is 1. The van der Waals surface area contributed by atoms with Crippen LogP contribution in [0.4, 0.5) is 5.69 Å². The lowest BCUT2D eigenvalue weighted by Gasteiger charge is -2.20. The summed E-state index contributed by atoms with van der Waals surface area (Å²) in [4.78, 5) is 12.0. The van der Waals surface area contributed by atoms with E-state index in [1.807, 2.05) is 12.1 Å². The Kier molecular flexibility index (Phi) is 4.70. The summed E-state index contributed by atoms with van der Waals surface area (Å²) in [5.74, 6) is 0.0650. The Morgan fingerprint density at radius 1 is 1.47 bits per heavy atom. The van der Waals surface area contributed by atoms with E-state index in [1.54, 1.807) is 6.07 Å². The van der Waals surface area contributed by atoms with Crippen molar-refractivity contribution >= 4 is 23.3 Å². The number of nitrogen functional groups attached to an aromatic ring is 1. The number of nitrogens with two attached hydrogens (primary N) is 1. The monoisotopic (exact) mass is 281 g/mol. The van der Waals surface area contributed by atoms with Gasteiger partial charge in [0.1, 0.15) is 0 Å². The topological polar surface area (TPSA) is 52.3 Å². The van der Waals surface area contributed by atoms with E-state index in [0.717, 1.165) is 12.0 Å². The first kappa shape index (κ1) is 14.2. The molecule has 4 heteroatoms. The van der Waals surface area contributed by atoms with Gasteiger partial charge in [-0.15, -0.1) is 0 Å². The Balaban J connectivity index is 2.25. The van der Waals surface area contributed by atoms with E-state index in [1.165, 1.54) is 32.8 Å². The molecule has 1 fully saturated rings. The molecule has 2 N–H and O–H groups in total. The number of hydrogen-bond donors (Lipinski definition) is 1. The molecule has 3 nitrogen and oxygen atoms in total. The minimum absolute atomic E-state index is 0.221. The molecule has 1 aromatic rings. The highest BCUT2D eigenvalue weighted by molar-refractivity contribution is 6.33. The second kappa shape index (κ2) is 6.29. The lowest BCUT2D eigenvalue weighted by atomic mass is 9.87. The first-order chi connectivity index (χ1) is 9.13. The largest absolute Gasteiger partial charge is 0.469 e. The number of para-hydroxylation sites is 1. The normalized spacial score (nSPS) is 17.4. The average Bonchev–Trinajstić information content (AvgIpc) is 2.92. The zero-order chi connectivity index (χ0) is 13.8. The number of carbonyl (C=O) groups excluding carboxylic acids is 1. The molecule has 0 spiro atoms. The van der Waals surface area contributed by atoms with E-state index in [2.05, 4.69) is 0 Å². The van der Waals surface area contributed by atoms with Crippen molar-refractivity contribution in [3.8, 4) is 0 Å². The molecular weight excluding hydrogens is 262 g/mol. The summed E-state index contributed by atoms with van der Waals surface area (Å²) in [7, 11) is 1.42. The van der Waals surface area contributed by atoms with Gasteiger partial charge in [-0.05, 0) is 24.0 Å². The highest BCUT2D eigenvalue weighted by Gasteiger charge is 2.29. The third-order valence-corrected chi connectivity index (χ3v) is 4.32. The van der Waals surface area contributed by atoms with Crippen molar-refractivity contribution in [2.24, 2.45) is 5.92 Å². The molecule has 104 valence electrons. The van der Waals surface area contributed by atoms with Crippen LogP contribution in [0.2, 0.25) is 5.02 Å². The summed E-state index contributed by atoms with van der Waals surface area (Å²) in [5.41, 5.74) is 7.31. The fourth-order valence-electron chi connectivity index (χ4n) is 2.93. The van der Waals surface area contributed by atoms with Crippen molar-refractivity contribution in [2.75, 3.05) is 12.8 Å². The Hall–Kier alpha value is -1.22. The van der Waals surface area contributed by atoms with Gasteiger partial charge in [0.2, 0.25) is 0 Å². The molecule has 1 aliphatic rings. The molecular formula is C15H20ClNO2. The quantitative estimate of drug-likeness (QED) is 0.675. The van der Waals surface area contributed by atoms with Gasteiger partial charge in [0.25, 0.3) is 0 Å². The third kappa shape index (κ3) is 3.21. The van der Waals surface area contributed by atoms with Gasteiger partial charge in [-0.1, -0.05) is 49.4 Å². The number of hydrogen-bond acceptors (Lipinski definition) is 3. The summed E-state index contributed by atoms with van der Waals surface area (Å²) in [5, 5.41) is 0.498. The van der Waals surface area contributed by atoms with Crippen molar-refractivity contribution in [1.29, 1.82) is 0 Å². The van der Waals surface area contributed by atoms with Crippen LogP contribution in [0.5, 0.6) is 0 Å². The van der Waals surface area contributed by atoms with Gasteiger partial charge in [-0.2, -0.15) is 0 Å². The first-order valence-electron chi connectivity index (χ1n) is 6.75. The van der Waals surface area contributed by atoms with Crippen molar-refractivity contribution in [3.05, 3.63) is 28.8 Å². The van der Waals surface area contributed by atoms with Crippen LogP contribution in [-0.2, 0) is 9.53 Å². The zero-order valence-corrected chi connectivity index (χ0v) is 12.0. The fourth-order valence-corrected chi connectivity index (χ4v) is 3.11. The summed E-state index contributed by atoms with van der Waals surface area (Å²) in [6, 6.07) is 5.45. The summed E-state index contributed by atoms with van der Waals surface area (Å²) in [6.45, 7) is 0. The maximum Gasteiger partial charge on any atom is 0.313 e. The summed E-state index contributed by atoms with van der Waals surface area (Å²) >= 11 is 6.05. The van der Waals surface area contributed by atoms with Gasteiger partial charge < -0.3 is 10.5 Å². The maximum atomic E-state index is 12.0. The Morgan fingerprint density at radius 2 is 2.16 bits per heavy atom. The average molecular weight is 282 g/mol. The summed E-state index contributed by atoms with van der Waals surface area (Å²) < 4.78 is 4.93. The number of methoxy groups -OCH3 is 1. The molecule has 1 atom stereocenters. The molecule has 0 bridgehead atoms. The third-order valence-electron chi connectivity index (χ3n) is 3.99. The Morgan fingerprint density at radius 3 is 2.79 bits per heavy atom. The summed E-state index contributed by atoms with van der Waals surface area (Å²) in [6.07, 6.45) is 5.69. The smallest absolute Gasteiger partial charge is 0.313 e. The van der Waals surface area contributed by atoms with Crippen LogP contribution in [0.3, 0.4) is 0 Å². The fraction of sp³-hybridized carbons (Fsp3) is 0.533. The predicted octanol–water partition coefficient (Wildman–Crippen LogP) is 3.76. The molecule has 0 radical (unpaired) electrons. The van der Waals surface area contributed by atoms with Gasteiger partial charge in [-0.3, -0.25) is 4.79 Å². The highest BCUT2D eigenvalue weighted by Crippen LogP contribution is 2.38. The lowest BCUT2D eigenvalue weighted by Crippen LogP contribution is -2.18. The Labute approximate surface area is 119 Å². The van der Waals surface area contributed by atoms with E-state index >= 15 is 0 Å². The molecule has 1 aromatic carbocycles. The molecule has 1 aliphatic carbocycles. The van der Waals surface area contributed by atoms with Gasteiger partial charge in [0.05, 0.1) is 23.7 Å². The van der Waals surface area contributed by atoms with Crippen LogP contribution < -0.4 is 5.73 Å². The van der Waals surface area contributed by atoms with E-state index < -0.39 is 0 Å². The molecule has 2 rings (SSSR count). The molecule has 1 saturated carbocycles. The number of benzene rings is 1. The number of rotatable bonds is 4. The molecule has 1 unspecified atom stereocenters. The highest BCUT2D eigenvalue weighted by atomic mass is 35.5. The number of ether oxygens (including phenoxy) is 1. The SMILES string of the molecule is COC(=O)C(CC1CCCC1)c1cccc(Cl)c1N. The van der Waals surface area contributed by atoms with E-state index in [-0.39, 0.29) is 11.9 Å². The number of carbonyl (C=O) groups is 1. The minimum Gasteiger partial charge on any atom is -0.469 e. The van der Waals surface area contributed by atoms with E-state index in [4.69, 9.17) is 22.1 Å². The second-order valence-electron chi connectivity index (χ2n) is 5.20. The van der Waals surface area contributed by atoms with Crippen LogP contribution in [0.15, 0.2) is 18.2 Å². The van der Waals surface area contributed by atoms with Gasteiger partial charge in [0.15, 0.2) is 0 Å². The molecule has 0 heterocycles. The minimum atomic E-state index is -0.299. The number of esters is 1. The van der Waals surface area contributed by atoms with Crippen LogP contribution in [0, 0.1) is 5.92 Å². The first-order valence-corrected chi connectivity index (χ1v) is 7.13. The Bertz CT molecular complexity index is 455. The molecule has 0 aromatic heterocycles. The molecule has 0 saturated heterocycles. The van der Waals surface area contributed by atoms with Gasteiger partial charge in [-0.25, -0.2) is 0 Å². The van der Waals surface area contributed by atoms with Crippen molar-refractivity contribution in [3.63, 3.8) is 0 Å². The maximum absolute atomic E-state index is 12.0. The van der Waals surface area contributed by atoms with Crippen molar-refractivity contribution < 1.29 is 9.53 Å².